The van der Waals surface area contributed by atoms with Crippen LogP contribution < -0.4 is 5.73 Å². The molecule has 1 aromatic heterocycles. The Morgan fingerprint density at radius 2 is 2.12 bits per heavy atom. The Morgan fingerprint density at radius 1 is 1.35 bits per heavy atom. The molecule has 1 saturated heterocycles. The lowest BCUT2D eigenvalue weighted by molar-refractivity contribution is 0.263. The molecule has 0 radical (unpaired) electrons. The number of hydrogen-bond acceptors (Lipinski definition) is 6. The molecule has 0 aliphatic carbocycles. The summed E-state index contributed by atoms with van der Waals surface area (Å²) >= 11 is 1.94. The van der Waals surface area contributed by atoms with Gasteiger partial charge in [0.15, 0.2) is 5.82 Å². The molecule has 1 atom stereocenters. The Morgan fingerprint density at radius 3 is 2.76 bits per heavy atom. The first-order chi connectivity index (χ1) is 8.08. The first-order valence-electron chi connectivity index (χ1n) is 5.87. The van der Waals surface area contributed by atoms with Gasteiger partial charge < -0.3 is 5.73 Å². The number of thioether (sulfide) groups is 1. The topological polar surface area (TPSA) is 67.9 Å². The van der Waals surface area contributed by atoms with Gasteiger partial charge in [0.25, 0.3) is 0 Å². The van der Waals surface area contributed by atoms with Crippen LogP contribution >= 0.6 is 11.8 Å². The lowest BCUT2D eigenvalue weighted by Crippen LogP contribution is -2.34. The lowest BCUT2D eigenvalue weighted by atomic mass is 10.2. The minimum absolute atomic E-state index is 0.261. The van der Waals surface area contributed by atoms with Gasteiger partial charge in [-0.15, -0.1) is 0 Å². The molecule has 1 unspecified atom stereocenters. The highest BCUT2D eigenvalue weighted by Gasteiger charge is 2.24. The Balaban J connectivity index is 2.30. The van der Waals surface area contributed by atoms with E-state index in [2.05, 4.69) is 40.7 Å². The lowest BCUT2D eigenvalue weighted by Gasteiger charge is -2.30. The molecule has 5 nitrogen and oxygen atoms in total. The number of hydrogen-bond donors (Lipinski definition) is 1. The highest BCUT2D eigenvalue weighted by Crippen LogP contribution is 2.26. The third kappa shape index (κ3) is 2.87. The zero-order valence-corrected chi connectivity index (χ0v) is 11.4. The van der Waals surface area contributed by atoms with Gasteiger partial charge in [0.05, 0.1) is 6.04 Å². The smallest absolute Gasteiger partial charge is 0.223 e. The van der Waals surface area contributed by atoms with Crippen LogP contribution in [0.2, 0.25) is 0 Å². The van der Waals surface area contributed by atoms with E-state index in [4.69, 9.17) is 5.73 Å². The fourth-order valence-electron chi connectivity index (χ4n) is 1.79. The highest BCUT2D eigenvalue weighted by molar-refractivity contribution is 7.99. The summed E-state index contributed by atoms with van der Waals surface area (Å²) in [6.07, 6.45) is 0. The molecule has 1 fully saturated rings. The van der Waals surface area contributed by atoms with Gasteiger partial charge in [-0.25, -0.2) is 4.98 Å². The Labute approximate surface area is 106 Å². The molecule has 1 aliphatic rings. The van der Waals surface area contributed by atoms with Crippen molar-refractivity contribution in [3.63, 3.8) is 0 Å². The van der Waals surface area contributed by atoms with Crippen LogP contribution in [0.5, 0.6) is 0 Å². The van der Waals surface area contributed by atoms with Gasteiger partial charge in [-0.2, -0.15) is 21.7 Å². The second-order valence-corrected chi connectivity index (χ2v) is 5.79. The molecule has 0 bridgehead atoms. The molecule has 1 aromatic rings. The fraction of sp³-hybridized carbons (Fsp3) is 0.727. The second-order valence-electron chi connectivity index (χ2n) is 4.64. The van der Waals surface area contributed by atoms with Crippen LogP contribution in [0.3, 0.4) is 0 Å². The van der Waals surface area contributed by atoms with Crippen LogP contribution in [-0.4, -0.2) is 44.9 Å². The molecule has 0 aromatic carbocycles. The van der Waals surface area contributed by atoms with Crippen molar-refractivity contribution in [2.24, 2.45) is 0 Å². The maximum absolute atomic E-state index is 5.76. The second kappa shape index (κ2) is 5.18. The summed E-state index contributed by atoms with van der Waals surface area (Å²) in [5, 5.41) is 0. The molecular formula is C11H19N5S. The summed E-state index contributed by atoms with van der Waals surface area (Å²) in [4.78, 5) is 15.3. The zero-order valence-electron chi connectivity index (χ0n) is 10.6. The van der Waals surface area contributed by atoms with Crippen molar-refractivity contribution in [1.82, 2.24) is 19.9 Å². The Kier molecular flexibility index (Phi) is 3.83. The van der Waals surface area contributed by atoms with E-state index in [9.17, 15) is 0 Å². The predicted octanol–water partition coefficient (Wildman–Crippen LogP) is 1.30. The first-order valence-corrected chi connectivity index (χ1v) is 7.02. The molecule has 17 heavy (non-hydrogen) atoms. The van der Waals surface area contributed by atoms with E-state index >= 15 is 0 Å². The van der Waals surface area contributed by atoms with E-state index in [1.807, 2.05) is 11.8 Å². The van der Waals surface area contributed by atoms with Crippen molar-refractivity contribution in [1.29, 1.82) is 0 Å². The van der Waals surface area contributed by atoms with Gasteiger partial charge in [-0.3, -0.25) is 4.90 Å². The number of aromatic nitrogens is 3. The maximum Gasteiger partial charge on any atom is 0.223 e. The van der Waals surface area contributed by atoms with Gasteiger partial charge >= 0.3 is 0 Å². The van der Waals surface area contributed by atoms with Gasteiger partial charge in [0.2, 0.25) is 5.95 Å². The number of nitrogens with zero attached hydrogens (tertiary/aromatic N) is 4. The minimum Gasteiger partial charge on any atom is -0.368 e. The van der Waals surface area contributed by atoms with E-state index < -0.39 is 0 Å². The highest BCUT2D eigenvalue weighted by atomic mass is 32.2. The molecule has 0 saturated carbocycles. The molecule has 0 spiro atoms. The average Bonchev–Trinajstić information content (AvgIpc) is 2.28. The summed E-state index contributed by atoms with van der Waals surface area (Å²) in [6, 6.07) is 0.261. The Hall–Kier alpha value is -0.880. The summed E-state index contributed by atoms with van der Waals surface area (Å²) in [5.74, 6) is 4.41. The normalized spacial score (nSPS) is 22.0. The molecule has 6 heteroatoms. The third-order valence-electron chi connectivity index (χ3n) is 2.90. The average molecular weight is 253 g/mol. The molecule has 2 rings (SSSR count). The molecule has 2 N–H and O–H groups in total. The molecule has 0 amide bonds. The fourth-order valence-corrected chi connectivity index (χ4v) is 3.00. The van der Waals surface area contributed by atoms with Crippen LogP contribution in [0.15, 0.2) is 0 Å². The predicted molar refractivity (Wildman–Crippen MR) is 71.0 cm³/mol. The summed E-state index contributed by atoms with van der Waals surface area (Å²) in [5.41, 5.74) is 5.76. The maximum atomic E-state index is 5.76. The molecule has 94 valence electrons. The summed E-state index contributed by atoms with van der Waals surface area (Å²) < 4.78 is 0. The first kappa shape index (κ1) is 12.6. The number of nitrogens with two attached hydrogens (primary N) is 1. The van der Waals surface area contributed by atoms with Gasteiger partial charge in [-0.1, -0.05) is 13.8 Å². The van der Waals surface area contributed by atoms with Crippen LogP contribution in [-0.2, 0) is 0 Å². The van der Waals surface area contributed by atoms with E-state index in [-0.39, 0.29) is 12.0 Å². The van der Waals surface area contributed by atoms with Crippen molar-refractivity contribution in [2.75, 3.05) is 30.8 Å². The minimum atomic E-state index is 0.261. The Bertz CT molecular complexity index is 395. The van der Waals surface area contributed by atoms with Crippen LogP contribution in [0.1, 0.15) is 37.5 Å². The quantitative estimate of drug-likeness (QED) is 0.857. The van der Waals surface area contributed by atoms with Crippen LogP contribution in [0, 0.1) is 0 Å². The van der Waals surface area contributed by atoms with Gasteiger partial charge in [0.1, 0.15) is 5.82 Å². The summed E-state index contributed by atoms with van der Waals surface area (Å²) in [7, 11) is 2.11. The zero-order chi connectivity index (χ0) is 12.4. The van der Waals surface area contributed by atoms with E-state index in [1.54, 1.807) is 0 Å². The molecular weight excluding hydrogens is 234 g/mol. The standard InChI is InChI=1S/C11H19N5S/c1-7(2)9-13-10(15-11(12)14-9)8-6-17-5-4-16(8)3/h7-8H,4-6H2,1-3H3,(H2,12,13,14,15). The summed E-state index contributed by atoms with van der Waals surface area (Å²) in [6.45, 7) is 5.20. The number of anilines is 1. The number of nitrogen functional groups attached to an aromatic ring is 1. The van der Waals surface area contributed by atoms with E-state index in [0.29, 0.717) is 5.95 Å². The molecule has 2 heterocycles. The van der Waals surface area contributed by atoms with Crippen molar-refractivity contribution in [2.45, 2.75) is 25.8 Å². The van der Waals surface area contributed by atoms with Crippen molar-refractivity contribution >= 4 is 17.7 Å². The number of rotatable bonds is 2. The van der Waals surface area contributed by atoms with Crippen LogP contribution in [0.25, 0.3) is 0 Å². The van der Waals surface area contributed by atoms with Crippen molar-refractivity contribution in [3.8, 4) is 0 Å². The SMILES string of the molecule is CC(C)c1nc(N)nc(C2CSCCN2C)n1. The van der Waals surface area contributed by atoms with Crippen LogP contribution in [0.4, 0.5) is 5.95 Å². The third-order valence-corrected chi connectivity index (χ3v) is 3.92. The molecule has 1 aliphatic heterocycles. The largest absolute Gasteiger partial charge is 0.368 e. The van der Waals surface area contributed by atoms with Crippen molar-refractivity contribution in [3.05, 3.63) is 11.6 Å². The van der Waals surface area contributed by atoms with Crippen molar-refractivity contribution < 1.29 is 0 Å². The monoisotopic (exact) mass is 253 g/mol. The van der Waals surface area contributed by atoms with Gasteiger partial charge in [0, 0.05) is 24.0 Å². The van der Waals surface area contributed by atoms with E-state index in [1.165, 1.54) is 5.75 Å². The van der Waals surface area contributed by atoms with Gasteiger partial charge in [-0.05, 0) is 7.05 Å². The van der Waals surface area contributed by atoms with E-state index in [0.717, 1.165) is 23.9 Å².